The number of carbonyl (C=O) groups excluding carboxylic acids is 2. The number of amides is 2. The number of ether oxygens (including phenoxy) is 1. The molecule has 7 heteroatoms. The Hall–Kier alpha value is -1.86. The van der Waals surface area contributed by atoms with Crippen LogP contribution in [-0.2, 0) is 9.53 Å². The van der Waals surface area contributed by atoms with Crippen molar-refractivity contribution in [2.75, 3.05) is 6.61 Å². The van der Waals surface area contributed by atoms with E-state index in [1.54, 1.807) is 6.07 Å². The summed E-state index contributed by atoms with van der Waals surface area (Å²) in [6.45, 7) is 4.33. The van der Waals surface area contributed by atoms with E-state index < -0.39 is 24.3 Å². The van der Waals surface area contributed by atoms with Gasteiger partial charge in [0.1, 0.15) is 6.04 Å². The van der Waals surface area contributed by atoms with E-state index >= 15 is 0 Å². The Morgan fingerprint density at radius 1 is 1.45 bits per heavy atom. The second-order valence-electron chi connectivity index (χ2n) is 5.80. The molecular formula is C15H22N2O5. The minimum Gasteiger partial charge on any atom is -0.459 e. The maximum absolute atomic E-state index is 12.4. The summed E-state index contributed by atoms with van der Waals surface area (Å²) in [4.78, 5) is 24.4. The van der Waals surface area contributed by atoms with Crippen LogP contribution in [0.2, 0.25) is 0 Å². The number of rotatable bonds is 6. The molecule has 2 amide bonds. The molecule has 122 valence electrons. The molecule has 7 nitrogen and oxygen atoms in total. The lowest BCUT2D eigenvalue weighted by atomic mass is 10.0. The molecule has 1 aliphatic heterocycles. The second kappa shape index (κ2) is 7.42. The van der Waals surface area contributed by atoms with Crippen LogP contribution in [0, 0.1) is 5.92 Å². The summed E-state index contributed by atoms with van der Waals surface area (Å²) in [5, 5.41) is 15.0. The Kier molecular flexibility index (Phi) is 5.57. The minimum absolute atomic E-state index is 0.158. The van der Waals surface area contributed by atoms with Gasteiger partial charge in [-0.05, 0) is 30.9 Å². The van der Waals surface area contributed by atoms with Gasteiger partial charge in [0.05, 0.1) is 18.9 Å². The molecule has 3 N–H and O–H groups in total. The van der Waals surface area contributed by atoms with Gasteiger partial charge in [0.25, 0.3) is 5.91 Å². The van der Waals surface area contributed by atoms with Crippen LogP contribution >= 0.6 is 0 Å². The van der Waals surface area contributed by atoms with E-state index in [1.807, 2.05) is 13.8 Å². The Balaban J connectivity index is 1.98. The molecular weight excluding hydrogens is 288 g/mol. The van der Waals surface area contributed by atoms with Crippen LogP contribution in [0.25, 0.3) is 0 Å². The van der Waals surface area contributed by atoms with E-state index in [1.165, 1.54) is 12.3 Å². The predicted octanol–water partition coefficient (Wildman–Crippen LogP) is 0.648. The molecule has 3 atom stereocenters. The molecule has 3 unspecified atom stereocenters. The van der Waals surface area contributed by atoms with E-state index in [2.05, 4.69) is 10.6 Å². The number of furan rings is 1. The zero-order valence-electron chi connectivity index (χ0n) is 12.7. The van der Waals surface area contributed by atoms with Crippen molar-refractivity contribution >= 4 is 11.8 Å². The molecule has 0 saturated carbocycles. The molecule has 1 aromatic heterocycles. The number of aliphatic hydroxyl groups is 1. The average molecular weight is 310 g/mol. The van der Waals surface area contributed by atoms with Crippen molar-refractivity contribution < 1.29 is 23.8 Å². The van der Waals surface area contributed by atoms with Crippen LogP contribution < -0.4 is 10.6 Å². The Morgan fingerprint density at radius 2 is 2.23 bits per heavy atom. The van der Waals surface area contributed by atoms with Gasteiger partial charge >= 0.3 is 0 Å². The summed E-state index contributed by atoms with van der Waals surface area (Å²) in [5.41, 5.74) is 0. The third-order valence-electron chi connectivity index (χ3n) is 3.46. The number of hydrogen-bond donors (Lipinski definition) is 3. The van der Waals surface area contributed by atoms with Gasteiger partial charge in [-0.25, -0.2) is 0 Å². The smallest absolute Gasteiger partial charge is 0.287 e. The molecule has 2 rings (SSSR count). The van der Waals surface area contributed by atoms with Gasteiger partial charge in [-0.3, -0.25) is 9.59 Å². The SMILES string of the molecule is CC(C)CC(NC(=O)c1ccco1)C(=O)NC1CCOC1O. The molecule has 1 fully saturated rings. The van der Waals surface area contributed by atoms with Crippen molar-refractivity contribution in [3.05, 3.63) is 24.2 Å². The van der Waals surface area contributed by atoms with E-state index in [0.29, 0.717) is 19.4 Å². The van der Waals surface area contributed by atoms with Crippen molar-refractivity contribution in [2.24, 2.45) is 5.92 Å². The van der Waals surface area contributed by atoms with Crippen molar-refractivity contribution in [2.45, 2.75) is 45.1 Å². The second-order valence-corrected chi connectivity index (χ2v) is 5.80. The van der Waals surface area contributed by atoms with Gasteiger partial charge in [0, 0.05) is 0 Å². The fourth-order valence-electron chi connectivity index (χ4n) is 2.34. The van der Waals surface area contributed by atoms with Crippen LogP contribution in [-0.4, -0.2) is 41.9 Å². The quantitative estimate of drug-likeness (QED) is 0.716. The van der Waals surface area contributed by atoms with Gasteiger partial charge in [0.2, 0.25) is 5.91 Å². The molecule has 0 spiro atoms. The number of carbonyl (C=O) groups is 2. The molecule has 1 aromatic rings. The van der Waals surface area contributed by atoms with E-state index in [-0.39, 0.29) is 17.6 Å². The van der Waals surface area contributed by atoms with Crippen LogP contribution in [0.3, 0.4) is 0 Å². The Morgan fingerprint density at radius 3 is 2.77 bits per heavy atom. The van der Waals surface area contributed by atoms with Crippen molar-refractivity contribution in [1.82, 2.24) is 10.6 Å². The molecule has 0 radical (unpaired) electrons. The first kappa shape index (κ1) is 16.5. The molecule has 0 bridgehead atoms. The topological polar surface area (TPSA) is 101 Å². The van der Waals surface area contributed by atoms with E-state index in [4.69, 9.17) is 9.15 Å². The molecule has 0 aromatic carbocycles. The fourth-order valence-corrected chi connectivity index (χ4v) is 2.34. The van der Waals surface area contributed by atoms with Gasteiger partial charge in [0.15, 0.2) is 12.1 Å². The number of aliphatic hydroxyl groups excluding tert-OH is 1. The molecule has 22 heavy (non-hydrogen) atoms. The van der Waals surface area contributed by atoms with Crippen LogP contribution in [0.15, 0.2) is 22.8 Å². The van der Waals surface area contributed by atoms with E-state index in [0.717, 1.165) is 0 Å². The third kappa shape index (κ3) is 4.32. The predicted molar refractivity (Wildman–Crippen MR) is 77.9 cm³/mol. The van der Waals surface area contributed by atoms with Gasteiger partial charge in [-0.2, -0.15) is 0 Å². The van der Waals surface area contributed by atoms with Gasteiger partial charge < -0.3 is 24.9 Å². The normalized spacial score (nSPS) is 22.5. The standard InChI is InChI=1S/C15H22N2O5/c1-9(2)8-11(17-14(19)12-4-3-6-21-12)13(18)16-10-5-7-22-15(10)20/h3-4,6,9-11,15,20H,5,7-8H2,1-2H3,(H,16,18)(H,17,19). The summed E-state index contributed by atoms with van der Waals surface area (Å²) in [7, 11) is 0. The summed E-state index contributed by atoms with van der Waals surface area (Å²) >= 11 is 0. The van der Waals surface area contributed by atoms with Crippen LogP contribution in [0.5, 0.6) is 0 Å². The van der Waals surface area contributed by atoms with Gasteiger partial charge in [-0.15, -0.1) is 0 Å². The lowest BCUT2D eigenvalue weighted by Crippen LogP contribution is -2.51. The first-order valence-corrected chi connectivity index (χ1v) is 7.41. The third-order valence-corrected chi connectivity index (χ3v) is 3.46. The summed E-state index contributed by atoms with van der Waals surface area (Å²) in [5.74, 6) is -0.389. The van der Waals surface area contributed by atoms with E-state index in [9.17, 15) is 14.7 Å². The maximum Gasteiger partial charge on any atom is 0.287 e. The fraction of sp³-hybridized carbons (Fsp3) is 0.600. The van der Waals surface area contributed by atoms with Crippen LogP contribution in [0.4, 0.5) is 0 Å². The summed E-state index contributed by atoms with van der Waals surface area (Å²) in [6.07, 6.45) is 1.44. The van der Waals surface area contributed by atoms with Crippen LogP contribution in [0.1, 0.15) is 37.2 Å². The average Bonchev–Trinajstić information content (AvgIpc) is 3.10. The highest BCUT2D eigenvalue weighted by Crippen LogP contribution is 2.13. The molecule has 0 aliphatic carbocycles. The number of nitrogens with one attached hydrogen (secondary N) is 2. The highest BCUT2D eigenvalue weighted by atomic mass is 16.6. The first-order chi connectivity index (χ1) is 10.5. The zero-order chi connectivity index (χ0) is 16.1. The maximum atomic E-state index is 12.4. The van der Waals surface area contributed by atoms with Crippen molar-refractivity contribution in [3.63, 3.8) is 0 Å². The lowest BCUT2D eigenvalue weighted by Gasteiger charge is -2.22. The minimum atomic E-state index is -0.996. The Labute approximate surface area is 129 Å². The van der Waals surface area contributed by atoms with Gasteiger partial charge in [-0.1, -0.05) is 13.8 Å². The Bertz CT molecular complexity index is 500. The molecule has 1 aliphatic rings. The summed E-state index contributed by atoms with van der Waals surface area (Å²) in [6, 6.07) is 2.01. The largest absolute Gasteiger partial charge is 0.459 e. The monoisotopic (exact) mass is 310 g/mol. The van der Waals surface area contributed by atoms with Crippen molar-refractivity contribution in [1.29, 1.82) is 0 Å². The number of hydrogen-bond acceptors (Lipinski definition) is 5. The highest BCUT2D eigenvalue weighted by molar-refractivity contribution is 5.95. The highest BCUT2D eigenvalue weighted by Gasteiger charge is 2.31. The molecule has 2 heterocycles. The molecule has 1 saturated heterocycles. The van der Waals surface area contributed by atoms with Crippen molar-refractivity contribution in [3.8, 4) is 0 Å². The lowest BCUT2D eigenvalue weighted by molar-refractivity contribution is -0.127. The zero-order valence-corrected chi connectivity index (χ0v) is 12.7. The summed E-state index contributed by atoms with van der Waals surface area (Å²) < 4.78 is 10.0. The first-order valence-electron chi connectivity index (χ1n) is 7.41.